The smallest absolute Gasteiger partial charge is 0.0548 e. The predicted molar refractivity (Wildman–Crippen MR) is 307 cm³/mol. The van der Waals surface area contributed by atoms with E-state index < -0.39 is 0 Å². The molecule has 0 aliphatic heterocycles. The van der Waals surface area contributed by atoms with Crippen LogP contribution in [0.5, 0.6) is 0 Å². The van der Waals surface area contributed by atoms with Crippen LogP contribution in [0.25, 0.3) is 77.2 Å². The van der Waals surface area contributed by atoms with Crippen molar-refractivity contribution in [3.05, 3.63) is 278 Å². The number of nitrogens with zero attached hydrogens (tertiary/aromatic N) is 4. The molecule has 0 atom stereocenters. The van der Waals surface area contributed by atoms with Crippen LogP contribution < -0.4 is 9.80 Å². The fraction of sp³-hybridized carbons (Fsp3) is 0.0435. The van der Waals surface area contributed by atoms with E-state index >= 15 is 0 Å². The lowest BCUT2D eigenvalue weighted by Crippen LogP contribution is -2.16. The molecule has 73 heavy (non-hydrogen) atoms. The van der Waals surface area contributed by atoms with E-state index in [1.54, 1.807) is 0 Å². The number of aromatic nitrogens is 2. The number of hydrogen-bond acceptors (Lipinski definition) is 2. The second-order valence-corrected chi connectivity index (χ2v) is 19.8. The first-order valence-corrected chi connectivity index (χ1v) is 25.3. The van der Waals surface area contributed by atoms with E-state index in [0.717, 1.165) is 51.1 Å². The van der Waals surface area contributed by atoms with E-state index in [4.69, 9.17) is 0 Å². The Balaban J connectivity index is 0.854. The van der Waals surface area contributed by atoms with Crippen LogP contribution in [0.15, 0.2) is 267 Å². The standard InChI is InChI=1S/C69H50N4/c1-69(2)63-29-17-15-27-57(63)58-41-40-56(44-64(58)69)71(50-21-9-4-10-22-50)55-38-36-54(37-39-55)70(49-19-7-3-8-20-49)53-34-31-47(32-35-53)48-33-42-66-60(43-48)62-46-67-61(45-68(62)73(66)52-25-13-6-14-26-52)59-28-16-18-30-65(59)72(67)51-23-11-5-12-24-51/h3-46H,1-2H3. The summed E-state index contributed by atoms with van der Waals surface area (Å²) in [6.45, 7) is 4.70. The van der Waals surface area contributed by atoms with Crippen LogP contribution in [0.4, 0.5) is 34.1 Å². The number of rotatable bonds is 9. The van der Waals surface area contributed by atoms with Gasteiger partial charge >= 0.3 is 0 Å². The molecule has 11 aromatic carbocycles. The number of anilines is 6. The first kappa shape index (κ1) is 42.5. The van der Waals surface area contributed by atoms with Gasteiger partial charge in [-0.05, 0) is 161 Å². The first-order chi connectivity index (χ1) is 36.0. The number of fused-ring (bicyclic) bond motifs is 9. The highest BCUT2D eigenvalue weighted by Crippen LogP contribution is 2.51. The number of benzene rings is 11. The summed E-state index contributed by atoms with van der Waals surface area (Å²) in [5.74, 6) is 0. The molecule has 0 amide bonds. The quantitative estimate of drug-likeness (QED) is 0.143. The van der Waals surface area contributed by atoms with Crippen molar-refractivity contribution in [1.82, 2.24) is 9.13 Å². The van der Waals surface area contributed by atoms with Gasteiger partial charge in [0.1, 0.15) is 0 Å². The summed E-state index contributed by atoms with van der Waals surface area (Å²) in [4.78, 5) is 4.73. The molecule has 2 aromatic heterocycles. The molecule has 0 spiro atoms. The van der Waals surface area contributed by atoms with E-state index in [9.17, 15) is 0 Å². The fourth-order valence-electron chi connectivity index (χ4n) is 11.8. The third-order valence-corrected chi connectivity index (χ3v) is 15.3. The average molecular weight is 935 g/mol. The molecular formula is C69H50N4. The van der Waals surface area contributed by atoms with Crippen LogP contribution in [-0.2, 0) is 5.41 Å². The first-order valence-electron chi connectivity index (χ1n) is 25.3. The summed E-state index contributed by atoms with van der Waals surface area (Å²) in [5.41, 5.74) is 21.3. The van der Waals surface area contributed by atoms with Crippen LogP contribution in [-0.4, -0.2) is 9.13 Å². The molecule has 0 unspecified atom stereocenters. The Labute approximate surface area is 425 Å². The predicted octanol–water partition coefficient (Wildman–Crippen LogP) is 18.8. The highest BCUT2D eigenvalue weighted by molar-refractivity contribution is 6.19. The molecule has 346 valence electrons. The molecule has 13 aromatic rings. The Bertz CT molecular complexity index is 4190. The van der Waals surface area contributed by atoms with E-state index in [1.165, 1.54) is 71.4 Å². The minimum absolute atomic E-state index is 0.103. The second-order valence-electron chi connectivity index (χ2n) is 19.8. The van der Waals surface area contributed by atoms with E-state index in [1.807, 2.05) is 0 Å². The number of para-hydroxylation sites is 5. The molecule has 1 aliphatic carbocycles. The minimum Gasteiger partial charge on any atom is -0.311 e. The maximum atomic E-state index is 2.43. The summed E-state index contributed by atoms with van der Waals surface area (Å²) in [6, 6.07) is 97.4. The van der Waals surface area contributed by atoms with Crippen LogP contribution in [0.3, 0.4) is 0 Å². The van der Waals surface area contributed by atoms with Crippen molar-refractivity contribution >= 4 is 77.7 Å². The molecule has 0 N–H and O–H groups in total. The highest BCUT2D eigenvalue weighted by Gasteiger charge is 2.36. The molecule has 0 radical (unpaired) electrons. The van der Waals surface area contributed by atoms with Crippen LogP contribution >= 0.6 is 0 Å². The van der Waals surface area contributed by atoms with Gasteiger partial charge in [-0.2, -0.15) is 0 Å². The van der Waals surface area contributed by atoms with Gasteiger partial charge in [0.25, 0.3) is 0 Å². The Morgan fingerprint density at radius 2 is 0.685 bits per heavy atom. The molecule has 4 heteroatoms. The van der Waals surface area contributed by atoms with Gasteiger partial charge in [-0.3, -0.25) is 0 Å². The Morgan fingerprint density at radius 3 is 1.29 bits per heavy atom. The van der Waals surface area contributed by atoms with Gasteiger partial charge in [0.15, 0.2) is 0 Å². The van der Waals surface area contributed by atoms with Gasteiger partial charge in [-0.1, -0.05) is 153 Å². The Hall–Kier alpha value is -9.38. The zero-order valence-electron chi connectivity index (χ0n) is 40.7. The second kappa shape index (κ2) is 16.9. The van der Waals surface area contributed by atoms with Gasteiger partial charge in [0, 0.05) is 72.5 Å². The lowest BCUT2D eigenvalue weighted by atomic mass is 9.82. The molecule has 0 saturated carbocycles. The molecule has 0 fully saturated rings. The van der Waals surface area contributed by atoms with Crippen molar-refractivity contribution in [3.8, 4) is 33.6 Å². The summed E-state index contributed by atoms with van der Waals surface area (Å²) < 4.78 is 4.84. The molecule has 2 heterocycles. The van der Waals surface area contributed by atoms with Gasteiger partial charge in [0.2, 0.25) is 0 Å². The minimum atomic E-state index is -0.103. The molecule has 0 bridgehead atoms. The van der Waals surface area contributed by atoms with Crippen LogP contribution in [0.1, 0.15) is 25.0 Å². The van der Waals surface area contributed by atoms with Crippen molar-refractivity contribution in [2.45, 2.75) is 19.3 Å². The van der Waals surface area contributed by atoms with Gasteiger partial charge in [-0.15, -0.1) is 0 Å². The van der Waals surface area contributed by atoms with Gasteiger partial charge < -0.3 is 18.9 Å². The topological polar surface area (TPSA) is 16.3 Å². The van der Waals surface area contributed by atoms with Crippen LogP contribution in [0, 0.1) is 0 Å². The zero-order valence-corrected chi connectivity index (χ0v) is 40.7. The lowest BCUT2D eigenvalue weighted by Gasteiger charge is -2.29. The van der Waals surface area contributed by atoms with Crippen molar-refractivity contribution < 1.29 is 0 Å². The fourth-order valence-corrected chi connectivity index (χ4v) is 11.8. The largest absolute Gasteiger partial charge is 0.311 e. The summed E-state index contributed by atoms with van der Waals surface area (Å²) in [5, 5.41) is 4.93. The van der Waals surface area contributed by atoms with E-state index in [0.29, 0.717) is 0 Å². The third kappa shape index (κ3) is 6.90. The molecular weight excluding hydrogens is 885 g/mol. The van der Waals surface area contributed by atoms with Crippen molar-refractivity contribution in [2.24, 2.45) is 0 Å². The lowest BCUT2D eigenvalue weighted by molar-refractivity contribution is 0.660. The van der Waals surface area contributed by atoms with Crippen molar-refractivity contribution in [2.75, 3.05) is 9.80 Å². The highest BCUT2D eigenvalue weighted by atomic mass is 15.2. The normalized spacial score (nSPS) is 12.6. The Morgan fingerprint density at radius 1 is 0.274 bits per heavy atom. The van der Waals surface area contributed by atoms with Crippen molar-refractivity contribution in [3.63, 3.8) is 0 Å². The third-order valence-electron chi connectivity index (χ3n) is 15.3. The van der Waals surface area contributed by atoms with Gasteiger partial charge in [-0.25, -0.2) is 0 Å². The molecule has 14 rings (SSSR count). The van der Waals surface area contributed by atoms with Crippen LogP contribution in [0.2, 0.25) is 0 Å². The summed E-state index contributed by atoms with van der Waals surface area (Å²) >= 11 is 0. The zero-order chi connectivity index (χ0) is 48.6. The molecule has 1 aliphatic rings. The maximum absolute atomic E-state index is 2.43. The van der Waals surface area contributed by atoms with E-state index in [-0.39, 0.29) is 5.41 Å². The summed E-state index contributed by atoms with van der Waals surface area (Å²) in [6.07, 6.45) is 0. The molecule has 0 saturated heterocycles. The average Bonchev–Trinajstić information content (AvgIpc) is 4.03. The van der Waals surface area contributed by atoms with Crippen molar-refractivity contribution in [1.29, 1.82) is 0 Å². The summed E-state index contributed by atoms with van der Waals surface area (Å²) in [7, 11) is 0. The van der Waals surface area contributed by atoms with E-state index in [2.05, 4.69) is 300 Å². The number of hydrogen-bond donors (Lipinski definition) is 0. The SMILES string of the molecule is CC1(C)c2ccccc2-c2ccc(N(c3ccccc3)c3ccc(N(c4ccccc4)c4ccc(-c5ccc6c(c5)c5cc7c(cc5n6-c5ccccc5)c5ccccc5n7-c5ccccc5)cc4)cc3)cc21. The monoisotopic (exact) mass is 934 g/mol. The van der Waals surface area contributed by atoms with Gasteiger partial charge in [0.05, 0.1) is 22.1 Å². The Kier molecular flexibility index (Phi) is 9.84. The molecule has 4 nitrogen and oxygen atoms in total. The maximum Gasteiger partial charge on any atom is 0.0548 e.